The van der Waals surface area contributed by atoms with Crippen molar-refractivity contribution >= 4 is 39.2 Å². The predicted molar refractivity (Wildman–Crippen MR) is 183 cm³/mol. The van der Waals surface area contributed by atoms with E-state index in [-0.39, 0.29) is 39.9 Å². The third kappa shape index (κ3) is 6.77. The van der Waals surface area contributed by atoms with Crippen LogP contribution < -0.4 is 15.8 Å². The number of nitrogens with zero attached hydrogens (tertiary/aromatic N) is 2. The number of carbonyl (C=O) groups is 2. The fourth-order valence-electron chi connectivity index (χ4n) is 7.00. The summed E-state index contributed by atoms with van der Waals surface area (Å²) < 4.78 is 86.1. The number of esters is 1. The molecular weight excluding hydrogens is 673 g/mol. The number of halogens is 5. The minimum atomic E-state index is -4.88. The van der Waals surface area contributed by atoms with Gasteiger partial charge in [-0.3, -0.25) is 9.59 Å². The van der Waals surface area contributed by atoms with Crippen molar-refractivity contribution in [2.75, 3.05) is 38.8 Å². The first kappa shape index (κ1) is 35.5. The average Bonchev–Trinajstić information content (AvgIpc) is 3.57. The van der Waals surface area contributed by atoms with Crippen molar-refractivity contribution in [3.8, 4) is 11.1 Å². The van der Waals surface area contributed by atoms with Crippen LogP contribution in [0, 0.1) is 17.6 Å². The van der Waals surface area contributed by atoms with Crippen molar-refractivity contribution < 1.29 is 41.0 Å². The molecule has 5 aromatic rings. The molecule has 1 aromatic heterocycles. The molecule has 0 radical (unpaired) electrons. The van der Waals surface area contributed by atoms with E-state index in [1.807, 2.05) is 0 Å². The number of hydrogen-bond acceptors (Lipinski definition) is 6. The van der Waals surface area contributed by atoms with Gasteiger partial charge in [-0.2, -0.15) is 13.2 Å². The second-order valence-electron chi connectivity index (χ2n) is 12.5. The second-order valence-corrected chi connectivity index (χ2v) is 12.5. The highest BCUT2D eigenvalue weighted by Gasteiger charge is 2.38. The number of fused-ring (bicyclic) bond motifs is 2. The first-order valence-corrected chi connectivity index (χ1v) is 16.2. The van der Waals surface area contributed by atoms with Crippen LogP contribution in [0.15, 0.2) is 77.6 Å². The Balaban J connectivity index is 1.36. The lowest BCUT2D eigenvalue weighted by Gasteiger charge is -2.21. The zero-order valence-electron chi connectivity index (χ0n) is 27.9. The molecule has 266 valence electrons. The van der Waals surface area contributed by atoms with Crippen molar-refractivity contribution in [1.82, 2.24) is 9.88 Å². The van der Waals surface area contributed by atoms with Gasteiger partial charge in [0.05, 0.1) is 30.4 Å². The number of rotatable bonds is 9. The maximum absolute atomic E-state index is 15.3. The van der Waals surface area contributed by atoms with Gasteiger partial charge in [-0.1, -0.05) is 54.6 Å². The summed E-state index contributed by atoms with van der Waals surface area (Å²) >= 11 is 0. The number of nitrogens with one attached hydrogen (secondary N) is 1. The van der Waals surface area contributed by atoms with Crippen molar-refractivity contribution in [3.05, 3.63) is 111 Å². The molecule has 0 saturated carbocycles. The van der Waals surface area contributed by atoms with Crippen LogP contribution in [-0.4, -0.2) is 56.4 Å². The maximum Gasteiger partial charge on any atom is 0.417 e. The van der Waals surface area contributed by atoms with E-state index in [1.54, 1.807) is 42.3 Å². The van der Waals surface area contributed by atoms with Gasteiger partial charge in [0, 0.05) is 50.7 Å². The first-order chi connectivity index (χ1) is 24.3. The van der Waals surface area contributed by atoms with Gasteiger partial charge in [0.1, 0.15) is 23.2 Å². The highest BCUT2D eigenvalue weighted by molar-refractivity contribution is 6.02. The molecule has 1 unspecified atom stereocenters. The summed E-state index contributed by atoms with van der Waals surface area (Å²) in [6, 6.07) is 15.7. The van der Waals surface area contributed by atoms with E-state index in [1.165, 1.54) is 41.9 Å². The lowest BCUT2D eigenvalue weighted by atomic mass is 9.90. The van der Waals surface area contributed by atoms with E-state index < -0.39 is 58.0 Å². The highest BCUT2D eigenvalue weighted by atomic mass is 19.4. The molecule has 51 heavy (non-hydrogen) atoms. The number of alkyl halides is 3. The van der Waals surface area contributed by atoms with E-state index in [4.69, 9.17) is 9.47 Å². The minimum absolute atomic E-state index is 0.0162. The summed E-state index contributed by atoms with van der Waals surface area (Å²) in [5.41, 5.74) is -2.55. The number of para-hydroxylation sites is 1. The lowest BCUT2D eigenvalue weighted by molar-refractivity contribution is -0.142. The van der Waals surface area contributed by atoms with Gasteiger partial charge in [-0.15, -0.1) is 0 Å². The van der Waals surface area contributed by atoms with Crippen molar-refractivity contribution in [2.45, 2.75) is 25.1 Å². The topological polar surface area (TPSA) is 89.9 Å². The molecule has 2 heterocycles. The van der Waals surface area contributed by atoms with Crippen LogP contribution in [0.25, 0.3) is 32.8 Å². The van der Waals surface area contributed by atoms with Crippen LogP contribution in [-0.2, 0) is 33.9 Å². The number of pyridine rings is 1. The quantitative estimate of drug-likeness (QED) is 0.137. The van der Waals surface area contributed by atoms with Crippen molar-refractivity contribution in [2.24, 2.45) is 13.0 Å². The maximum atomic E-state index is 15.3. The third-order valence-corrected chi connectivity index (χ3v) is 9.39. The van der Waals surface area contributed by atoms with Gasteiger partial charge >= 0.3 is 12.1 Å². The molecular formula is C38H34F5N3O5. The van der Waals surface area contributed by atoms with Gasteiger partial charge in [-0.25, -0.2) is 13.6 Å². The predicted octanol–water partition coefficient (Wildman–Crippen LogP) is 6.64. The van der Waals surface area contributed by atoms with Gasteiger partial charge in [-0.05, 0) is 46.5 Å². The Kier molecular flexibility index (Phi) is 9.85. The van der Waals surface area contributed by atoms with Crippen molar-refractivity contribution in [3.63, 3.8) is 0 Å². The SMILES string of the molecule is COCC1CCN(c2cc(F)c(C(=O)N[C@@H](Cc3cccc4c(-c5c(C(F)(F)F)c6ccccc6n(C)c5=O)cccc34)C(=O)OC)c(F)c2)C1. The third-order valence-electron chi connectivity index (χ3n) is 9.39. The molecule has 1 N–H and O–H groups in total. The number of anilines is 1. The molecule has 4 aromatic carbocycles. The summed E-state index contributed by atoms with van der Waals surface area (Å²) in [6.45, 7) is 1.59. The molecule has 1 fully saturated rings. The molecule has 0 bridgehead atoms. The molecule has 1 aliphatic heterocycles. The summed E-state index contributed by atoms with van der Waals surface area (Å²) in [6.07, 6.45) is -4.36. The Bertz CT molecular complexity index is 2190. The summed E-state index contributed by atoms with van der Waals surface area (Å²) in [5.74, 6) is -4.15. The van der Waals surface area contributed by atoms with Crippen LogP contribution in [0.4, 0.5) is 27.6 Å². The minimum Gasteiger partial charge on any atom is -0.467 e. The number of ether oxygens (including phenoxy) is 2. The van der Waals surface area contributed by atoms with E-state index >= 15 is 8.78 Å². The standard InChI is InChI=1S/C38H34F5N3O5/c1-45-31-13-5-4-9-27(31)34(38(41,42)43)32(36(45)48)26-12-7-10-24-22(8-6-11-25(24)26)16-30(37(49)51-3)44-35(47)33-28(39)17-23(18-29(33)40)46-15-14-21(19-46)20-50-2/h4-13,17-18,21,30H,14-16,19-20H2,1-3H3,(H,44,47)/t21?,30-/m0/s1. The van der Waals surface area contributed by atoms with Gasteiger partial charge in [0.15, 0.2) is 0 Å². The highest BCUT2D eigenvalue weighted by Crippen LogP contribution is 2.42. The Labute approximate surface area is 289 Å². The number of benzene rings is 4. The second kappa shape index (κ2) is 14.1. The molecule has 1 amide bonds. The van der Waals surface area contributed by atoms with Gasteiger partial charge in [0.2, 0.25) is 0 Å². The Hall–Kier alpha value is -5.30. The van der Waals surface area contributed by atoms with Crippen LogP contribution in [0.1, 0.15) is 27.9 Å². The van der Waals surface area contributed by atoms with Crippen LogP contribution in [0.3, 0.4) is 0 Å². The molecule has 8 nitrogen and oxygen atoms in total. The molecule has 13 heteroatoms. The zero-order valence-corrected chi connectivity index (χ0v) is 27.9. The van der Waals surface area contributed by atoms with E-state index in [2.05, 4.69) is 5.32 Å². The lowest BCUT2D eigenvalue weighted by Crippen LogP contribution is -2.43. The summed E-state index contributed by atoms with van der Waals surface area (Å²) in [4.78, 5) is 41.7. The molecule has 1 saturated heterocycles. The Morgan fingerprint density at radius 3 is 2.29 bits per heavy atom. The number of aromatic nitrogens is 1. The monoisotopic (exact) mass is 707 g/mol. The number of carbonyl (C=O) groups excluding carboxylic acids is 2. The van der Waals surface area contributed by atoms with E-state index in [0.29, 0.717) is 30.6 Å². The fourth-order valence-corrected chi connectivity index (χ4v) is 7.00. The number of hydrogen-bond donors (Lipinski definition) is 1. The molecule has 0 aliphatic carbocycles. The summed E-state index contributed by atoms with van der Waals surface area (Å²) in [7, 11) is 4.06. The normalized spacial score (nSPS) is 15.4. The Morgan fingerprint density at radius 1 is 0.941 bits per heavy atom. The van der Waals surface area contributed by atoms with E-state index in [0.717, 1.165) is 25.7 Å². The zero-order chi connectivity index (χ0) is 36.6. The Morgan fingerprint density at radius 2 is 1.61 bits per heavy atom. The fraction of sp³-hybridized carbons (Fsp3) is 0.289. The van der Waals surface area contributed by atoms with Gasteiger partial charge in [0.25, 0.3) is 11.5 Å². The number of aryl methyl sites for hydroxylation is 1. The smallest absolute Gasteiger partial charge is 0.417 e. The molecule has 2 atom stereocenters. The number of methoxy groups -OCH3 is 2. The molecule has 1 aliphatic rings. The van der Waals surface area contributed by atoms with E-state index in [9.17, 15) is 27.6 Å². The van der Waals surface area contributed by atoms with Crippen LogP contribution in [0.5, 0.6) is 0 Å². The number of amides is 1. The van der Waals surface area contributed by atoms with Crippen LogP contribution in [0.2, 0.25) is 0 Å². The van der Waals surface area contributed by atoms with Crippen LogP contribution >= 0.6 is 0 Å². The average molecular weight is 708 g/mol. The molecule has 0 spiro atoms. The first-order valence-electron chi connectivity index (χ1n) is 16.2. The summed E-state index contributed by atoms with van der Waals surface area (Å²) in [5, 5.41) is 2.90. The van der Waals surface area contributed by atoms with Crippen molar-refractivity contribution in [1.29, 1.82) is 0 Å². The largest absolute Gasteiger partial charge is 0.467 e. The van der Waals surface area contributed by atoms with Gasteiger partial charge < -0.3 is 24.3 Å². The molecule has 6 rings (SSSR count).